The van der Waals surface area contributed by atoms with Gasteiger partial charge in [0.2, 0.25) is 0 Å². The predicted octanol–water partition coefficient (Wildman–Crippen LogP) is 13.2. The average Bonchev–Trinajstić information content (AvgIpc) is 3.69. The summed E-state index contributed by atoms with van der Waals surface area (Å²) in [7, 11) is 0. The largest absolute Gasteiger partial charge is 0.310 e. The lowest BCUT2D eigenvalue weighted by molar-refractivity contribution is 0.767. The fourth-order valence-electron chi connectivity index (χ4n) is 9.05. The highest BCUT2D eigenvalue weighted by molar-refractivity contribution is 6.09. The van der Waals surface area contributed by atoms with Crippen LogP contribution in [0.4, 0.5) is 17.1 Å². The van der Waals surface area contributed by atoms with E-state index in [-0.39, 0.29) is 0 Å². The molecule has 0 amide bonds. The molecular weight excluding hydrogens is 641 g/mol. The number of anilines is 3. The molecule has 252 valence electrons. The topological polar surface area (TPSA) is 8.17 Å². The molecule has 8 aromatic carbocycles. The van der Waals surface area contributed by atoms with Gasteiger partial charge in [0.05, 0.1) is 16.4 Å². The summed E-state index contributed by atoms with van der Waals surface area (Å²) in [5, 5.41) is 2.53. The van der Waals surface area contributed by atoms with Crippen LogP contribution in [0, 0.1) is 13.8 Å². The van der Waals surface area contributed by atoms with E-state index in [1.165, 1.54) is 66.3 Å². The fraction of sp³-hybridized carbons (Fsp3) is 0.0588. The summed E-state index contributed by atoms with van der Waals surface area (Å²) >= 11 is 0. The molecule has 0 bridgehead atoms. The minimum absolute atomic E-state index is 0.567. The van der Waals surface area contributed by atoms with Crippen molar-refractivity contribution in [3.63, 3.8) is 0 Å². The number of aromatic nitrogens is 1. The van der Waals surface area contributed by atoms with E-state index < -0.39 is 5.41 Å². The molecule has 53 heavy (non-hydrogen) atoms. The number of hydrogen-bond acceptors (Lipinski definition) is 1. The van der Waals surface area contributed by atoms with E-state index in [9.17, 15) is 0 Å². The Morgan fingerprint density at radius 1 is 0.396 bits per heavy atom. The molecule has 0 atom stereocenters. The Morgan fingerprint density at radius 3 is 1.47 bits per heavy atom. The van der Waals surface area contributed by atoms with E-state index in [1.54, 1.807) is 0 Å². The minimum Gasteiger partial charge on any atom is -0.310 e. The molecule has 9 aromatic rings. The molecule has 0 saturated heterocycles. The maximum absolute atomic E-state index is 2.47. The van der Waals surface area contributed by atoms with E-state index in [4.69, 9.17) is 0 Å². The first kappa shape index (κ1) is 31.1. The zero-order chi connectivity index (χ0) is 35.5. The minimum atomic E-state index is -0.567. The van der Waals surface area contributed by atoms with Crippen molar-refractivity contribution >= 4 is 38.9 Å². The molecule has 0 saturated carbocycles. The predicted molar refractivity (Wildman–Crippen MR) is 222 cm³/mol. The Balaban J connectivity index is 1.28. The molecular formula is C51H38N2. The summed E-state index contributed by atoms with van der Waals surface area (Å²) in [4.78, 5) is 2.41. The van der Waals surface area contributed by atoms with Gasteiger partial charge in [0.15, 0.2) is 0 Å². The highest BCUT2D eigenvalue weighted by Crippen LogP contribution is 2.58. The number of nitrogens with zero attached hydrogens (tertiary/aromatic N) is 2. The first-order valence-electron chi connectivity index (χ1n) is 18.4. The highest BCUT2D eigenvalue weighted by Gasteiger charge is 2.46. The molecule has 0 aliphatic heterocycles. The van der Waals surface area contributed by atoms with Crippen molar-refractivity contribution in [1.29, 1.82) is 0 Å². The second kappa shape index (κ2) is 12.3. The van der Waals surface area contributed by atoms with Gasteiger partial charge in [-0.15, -0.1) is 0 Å². The molecule has 1 aliphatic carbocycles. The Kier molecular flexibility index (Phi) is 7.19. The summed E-state index contributed by atoms with van der Waals surface area (Å²) in [5.41, 5.74) is 16.5. The third-order valence-electron chi connectivity index (χ3n) is 11.1. The summed E-state index contributed by atoms with van der Waals surface area (Å²) in [6.45, 7) is 4.37. The highest BCUT2D eigenvalue weighted by atomic mass is 15.1. The first-order valence-corrected chi connectivity index (χ1v) is 18.4. The van der Waals surface area contributed by atoms with Crippen molar-refractivity contribution in [3.8, 4) is 16.8 Å². The van der Waals surface area contributed by atoms with Gasteiger partial charge in [-0.3, -0.25) is 0 Å². The Bertz CT molecular complexity index is 2680. The number of rotatable bonds is 6. The zero-order valence-corrected chi connectivity index (χ0v) is 29.9. The average molecular weight is 679 g/mol. The van der Waals surface area contributed by atoms with Gasteiger partial charge in [0, 0.05) is 33.5 Å². The number of para-hydroxylation sites is 3. The van der Waals surface area contributed by atoms with Gasteiger partial charge in [0.25, 0.3) is 0 Å². The Morgan fingerprint density at radius 2 is 0.887 bits per heavy atom. The first-order chi connectivity index (χ1) is 26.1. The fourth-order valence-corrected chi connectivity index (χ4v) is 9.05. The van der Waals surface area contributed by atoms with E-state index >= 15 is 0 Å². The van der Waals surface area contributed by atoms with Gasteiger partial charge in [-0.05, 0) is 119 Å². The molecule has 0 spiro atoms. The van der Waals surface area contributed by atoms with Crippen LogP contribution in [0.5, 0.6) is 0 Å². The van der Waals surface area contributed by atoms with Crippen LogP contribution < -0.4 is 4.90 Å². The maximum Gasteiger partial charge on any atom is 0.0715 e. The third kappa shape index (κ3) is 4.80. The molecule has 0 unspecified atom stereocenters. The SMILES string of the molecule is Cc1cc(C)cc(N(c2ccccc2)c2ccc3c(c2)C(c2ccccc2)(c2ccccc2)c2cc(-n4c5ccccc5c5ccccc54)ccc2-3)c1. The van der Waals surface area contributed by atoms with Crippen LogP contribution in [-0.2, 0) is 5.41 Å². The lowest BCUT2D eigenvalue weighted by atomic mass is 9.67. The smallest absolute Gasteiger partial charge is 0.0715 e. The molecule has 0 fully saturated rings. The molecule has 1 aliphatic rings. The summed E-state index contributed by atoms with van der Waals surface area (Å²) in [6.07, 6.45) is 0. The van der Waals surface area contributed by atoms with E-state index in [2.05, 4.69) is 217 Å². The van der Waals surface area contributed by atoms with Crippen molar-refractivity contribution in [2.24, 2.45) is 0 Å². The van der Waals surface area contributed by atoms with Gasteiger partial charge in [-0.2, -0.15) is 0 Å². The van der Waals surface area contributed by atoms with Gasteiger partial charge in [0.1, 0.15) is 0 Å². The van der Waals surface area contributed by atoms with E-state index in [0.717, 1.165) is 22.7 Å². The van der Waals surface area contributed by atoms with Crippen molar-refractivity contribution < 1.29 is 0 Å². The lowest BCUT2D eigenvalue weighted by Crippen LogP contribution is -2.29. The molecule has 0 radical (unpaired) electrons. The molecule has 2 nitrogen and oxygen atoms in total. The van der Waals surface area contributed by atoms with Crippen molar-refractivity contribution in [1.82, 2.24) is 4.57 Å². The zero-order valence-electron chi connectivity index (χ0n) is 29.9. The van der Waals surface area contributed by atoms with Gasteiger partial charge in [-0.1, -0.05) is 133 Å². The third-order valence-corrected chi connectivity index (χ3v) is 11.1. The number of aryl methyl sites for hydroxylation is 2. The van der Waals surface area contributed by atoms with Crippen molar-refractivity contribution in [2.45, 2.75) is 19.3 Å². The van der Waals surface area contributed by atoms with E-state index in [0.29, 0.717) is 0 Å². The second-order valence-corrected chi connectivity index (χ2v) is 14.3. The maximum atomic E-state index is 2.47. The lowest BCUT2D eigenvalue weighted by Gasteiger charge is -2.35. The van der Waals surface area contributed by atoms with Crippen LogP contribution in [0.2, 0.25) is 0 Å². The summed E-state index contributed by atoms with van der Waals surface area (Å²) in [5.74, 6) is 0. The van der Waals surface area contributed by atoms with Gasteiger partial charge < -0.3 is 9.47 Å². The summed E-state index contributed by atoms with van der Waals surface area (Å²) < 4.78 is 2.44. The number of hydrogen-bond donors (Lipinski definition) is 0. The number of benzene rings is 8. The monoisotopic (exact) mass is 678 g/mol. The molecule has 10 rings (SSSR count). The van der Waals surface area contributed by atoms with Crippen LogP contribution in [-0.4, -0.2) is 4.57 Å². The summed E-state index contributed by atoms with van der Waals surface area (Å²) in [6, 6.07) is 71.6. The van der Waals surface area contributed by atoms with Crippen LogP contribution in [0.25, 0.3) is 38.6 Å². The standard InChI is InChI=1S/C51H38N2/c1-35-30-36(2)32-42(31-35)52(39-20-10-5-11-21-39)40-26-28-43-44-29-27-41(53-49-24-14-12-22-45(49)46-23-13-15-25-50(46)53)34-48(44)51(47(43)33-40,37-16-6-3-7-17-37)38-18-8-4-9-19-38/h3-34H,1-2H3. The quantitative estimate of drug-likeness (QED) is 0.170. The Labute approximate surface area is 310 Å². The van der Waals surface area contributed by atoms with Crippen molar-refractivity contribution in [2.75, 3.05) is 4.90 Å². The van der Waals surface area contributed by atoms with Gasteiger partial charge in [-0.25, -0.2) is 0 Å². The molecule has 1 aromatic heterocycles. The van der Waals surface area contributed by atoms with Crippen LogP contribution in [0.15, 0.2) is 194 Å². The second-order valence-electron chi connectivity index (χ2n) is 14.3. The van der Waals surface area contributed by atoms with Crippen molar-refractivity contribution in [3.05, 3.63) is 228 Å². The van der Waals surface area contributed by atoms with Gasteiger partial charge >= 0.3 is 0 Å². The molecule has 2 heteroatoms. The van der Waals surface area contributed by atoms with Crippen LogP contribution in [0.1, 0.15) is 33.4 Å². The molecule has 0 N–H and O–H groups in total. The van der Waals surface area contributed by atoms with Crippen LogP contribution >= 0.6 is 0 Å². The van der Waals surface area contributed by atoms with E-state index in [1.807, 2.05) is 0 Å². The Hall–Kier alpha value is -6.64. The normalized spacial score (nSPS) is 12.9. The van der Waals surface area contributed by atoms with Crippen LogP contribution in [0.3, 0.4) is 0 Å². The number of fused-ring (bicyclic) bond motifs is 6. The molecule has 1 heterocycles.